The van der Waals surface area contributed by atoms with Crippen molar-refractivity contribution in [2.75, 3.05) is 6.54 Å². The quantitative estimate of drug-likeness (QED) is 0.105. The molecule has 0 radical (unpaired) electrons. The number of hydrogen-bond donors (Lipinski definition) is 0. The molecule has 0 aromatic heterocycles. The predicted molar refractivity (Wildman–Crippen MR) is 125 cm³/mol. The van der Waals surface area contributed by atoms with Gasteiger partial charge in [-0.15, -0.1) is 0 Å². The van der Waals surface area contributed by atoms with Crippen LogP contribution in [0.15, 0.2) is 88.3 Å². The zero-order valence-electron chi connectivity index (χ0n) is 16.5. The van der Waals surface area contributed by atoms with Crippen LogP contribution in [0.3, 0.4) is 0 Å². The van der Waals surface area contributed by atoms with E-state index in [4.69, 9.17) is 4.74 Å². The van der Waals surface area contributed by atoms with Crippen LogP contribution in [-0.2, 0) is 11.2 Å². The number of hydrogen-bond acceptors (Lipinski definition) is 5. The van der Waals surface area contributed by atoms with E-state index >= 15 is 0 Å². The molecule has 0 aliphatic heterocycles. The van der Waals surface area contributed by atoms with Crippen molar-refractivity contribution in [2.24, 2.45) is 4.99 Å². The number of carbonyl (C=O) groups is 1. The zero-order valence-corrected chi connectivity index (χ0v) is 18.1. The van der Waals surface area contributed by atoms with Crippen LogP contribution < -0.4 is 4.74 Å². The highest BCUT2D eigenvalue weighted by Crippen LogP contribution is 2.28. The van der Waals surface area contributed by atoms with Gasteiger partial charge in [-0.25, -0.2) is 4.79 Å². The Morgan fingerprint density at radius 2 is 1.74 bits per heavy atom. The molecule has 0 N–H and O–H groups in total. The lowest BCUT2D eigenvalue weighted by molar-refractivity contribution is -0.385. The molecule has 0 atom stereocenters. The van der Waals surface area contributed by atoms with E-state index < -0.39 is 10.9 Å². The van der Waals surface area contributed by atoms with Gasteiger partial charge in [-0.3, -0.25) is 15.1 Å². The molecule has 156 valence electrons. The molecular weight excluding hydrogens is 460 g/mol. The van der Waals surface area contributed by atoms with Crippen LogP contribution in [0, 0.1) is 10.1 Å². The Morgan fingerprint density at radius 1 is 1.03 bits per heavy atom. The summed E-state index contributed by atoms with van der Waals surface area (Å²) in [4.78, 5) is 27.3. The average molecular weight is 479 g/mol. The van der Waals surface area contributed by atoms with Crippen LogP contribution in [0.25, 0.3) is 6.08 Å². The molecule has 7 heteroatoms. The molecule has 0 saturated heterocycles. The maximum Gasteiger partial charge on any atom is 0.336 e. The third kappa shape index (κ3) is 7.01. The first-order valence-corrected chi connectivity index (χ1v) is 10.3. The third-order valence-corrected chi connectivity index (χ3v) is 4.81. The van der Waals surface area contributed by atoms with Crippen molar-refractivity contribution in [2.45, 2.75) is 6.42 Å². The lowest BCUT2D eigenvalue weighted by atomic mass is 10.1. The van der Waals surface area contributed by atoms with Gasteiger partial charge in [0.05, 0.1) is 4.92 Å². The van der Waals surface area contributed by atoms with E-state index in [1.807, 2.05) is 54.6 Å². The topological polar surface area (TPSA) is 81.8 Å². The molecule has 0 unspecified atom stereocenters. The number of esters is 1. The summed E-state index contributed by atoms with van der Waals surface area (Å²) in [6.07, 6.45) is 5.16. The lowest BCUT2D eigenvalue weighted by Crippen LogP contribution is -2.06. The van der Waals surface area contributed by atoms with Crippen LogP contribution in [0.2, 0.25) is 0 Å². The molecule has 0 saturated carbocycles. The van der Waals surface area contributed by atoms with Crippen molar-refractivity contribution in [3.63, 3.8) is 0 Å². The number of rotatable bonds is 8. The second-order valence-corrected chi connectivity index (χ2v) is 7.48. The molecule has 0 fully saturated rings. The van der Waals surface area contributed by atoms with Gasteiger partial charge in [0, 0.05) is 29.4 Å². The molecule has 0 heterocycles. The van der Waals surface area contributed by atoms with Gasteiger partial charge in [0.2, 0.25) is 5.75 Å². The Labute approximate surface area is 188 Å². The van der Waals surface area contributed by atoms with E-state index in [2.05, 4.69) is 20.9 Å². The molecule has 6 nitrogen and oxygen atoms in total. The van der Waals surface area contributed by atoms with Gasteiger partial charge in [0.25, 0.3) is 0 Å². The summed E-state index contributed by atoms with van der Waals surface area (Å²) < 4.78 is 6.09. The maximum atomic E-state index is 12.1. The summed E-state index contributed by atoms with van der Waals surface area (Å²) in [5.74, 6) is -0.813. The van der Waals surface area contributed by atoms with Crippen molar-refractivity contribution in [1.82, 2.24) is 0 Å². The fraction of sp³-hybridized carbons (Fsp3) is 0.0833. The van der Waals surface area contributed by atoms with Crippen molar-refractivity contribution in [3.8, 4) is 5.75 Å². The lowest BCUT2D eigenvalue weighted by Gasteiger charge is -2.04. The maximum absolute atomic E-state index is 12.1. The van der Waals surface area contributed by atoms with E-state index in [0.717, 1.165) is 16.5 Å². The summed E-state index contributed by atoms with van der Waals surface area (Å²) in [5.41, 5.74) is 2.24. The van der Waals surface area contributed by atoms with Crippen molar-refractivity contribution < 1.29 is 14.5 Å². The average Bonchev–Trinajstić information content (AvgIpc) is 2.78. The molecule has 3 aromatic carbocycles. The number of benzene rings is 3. The van der Waals surface area contributed by atoms with Gasteiger partial charge >= 0.3 is 11.7 Å². The summed E-state index contributed by atoms with van der Waals surface area (Å²) in [7, 11) is 0. The van der Waals surface area contributed by atoms with Crippen LogP contribution in [-0.4, -0.2) is 23.7 Å². The van der Waals surface area contributed by atoms with E-state index in [9.17, 15) is 14.9 Å². The molecule has 0 aliphatic rings. The summed E-state index contributed by atoms with van der Waals surface area (Å²) in [5, 5.41) is 11.4. The molecule has 0 amide bonds. The van der Waals surface area contributed by atoms with E-state index in [0.29, 0.717) is 12.1 Å². The van der Waals surface area contributed by atoms with E-state index in [1.165, 1.54) is 23.8 Å². The fourth-order valence-electron chi connectivity index (χ4n) is 2.73. The molecule has 31 heavy (non-hydrogen) atoms. The van der Waals surface area contributed by atoms with Crippen LogP contribution in [0.5, 0.6) is 5.75 Å². The Bertz CT molecular complexity index is 1110. The number of nitro benzene ring substituents is 1. The largest absolute Gasteiger partial charge is 0.416 e. The normalized spacial score (nSPS) is 11.1. The third-order valence-electron chi connectivity index (χ3n) is 4.28. The van der Waals surface area contributed by atoms with Crippen LogP contribution in [0.4, 0.5) is 5.69 Å². The monoisotopic (exact) mass is 478 g/mol. The number of ether oxygens (including phenoxy) is 1. The van der Waals surface area contributed by atoms with Gasteiger partial charge in [-0.05, 0) is 53.5 Å². The molecule has 0 bridgehead atoms. The Hall–Kier alpha value is -3.58. The number of nitrogens with zero attached hydrogens (tertiary/aromatic N) is 2. The minimum Gasteiger partial charge on any atom is -0.416 e. The van der Waals surface area contributed by atoms with Crippen LogP contribution >= 0.6 is 15.9 Å². The van der Waals surface area contributed by atoms with E-state index in [1.54, 1.807) is 18.4 Å². The molecule has 3 aromatic rings. The number of nitro groups is 1. The summed E-state index contributed by atoms with van der Waals surface area (Å²) >= 11 is 3.34. The standard InChI is InChI=1S/C24H19BrN2O4/c25-21-10-6-19(7-11-21)9-13-24(28)31-23-12-8-20(16-22(23)27(29)30)17-26-15-14-18-4-2-1-3-5-18/h1-13,16-17H,14-15H2. The Morgan fingerprint density at radius 3 is 2.45 bits per heavy atom. The van der Waals surface area contributed by atoms with Gasteiger partial charge in [0.15, 0.2) is 0 Å². The second-order valence-electron chi connectivity index (χ2n) is 6.56. The summed E-state index contributed by atoms with van der Waals surface area (Å²) in [6, 6.07) is 21.6. The number of carbonyl (C=O) groups excluding carboxylic acids is 1. The first-order chi connectivity index (χ1) is 15.0. The molecule has 0 spiro atoms. The first kappa shape index (κ1) is 22.1. The van der Waals surface area contributed by atoms with Gasteiger partial charge in [0.1, 0.15) is 0 Å². The second kappa shape index (κ2) is 11.0. The van der Waals surface area contributed by atoms with Gasteiger partial charge in [-0.1, -0.05) is 58.4 Å². The Balaban J connectivity index is 1.64. The number of halogens is 1. The minimum atomic E-state index is -0.699. The van der Waals surface area contributed by atoms with E-state index in [-0.39, 0.29) is 11.4 Å². The van der Waals surface area contributed by atoms with Crippen molar-refractivity contribution in [1.29, 1.82) is 0 Å². The molecular formula is C24H19BrN2O4. The summed E-state index contributed by atoms with van der Waals surface area (Å²) in [6.45, 7) is 0.565. The highest BCUT2D eigenvalue weighted by Gasteiger charge is 2.17. The predicted octanol–water partition coefficient (Wildman–Crippen LogP) is 5.64. The minimum absolute atomic E-state index is 0.114. The van der Waals surface area contributed by atoms with Crippen molar-refractivity contribution >= 4 is 39.9 Å². The van der Waals surface area contributed by atoms with Gasteiger partial charge in [-0.2, -0.15) is 0 Å². The Kier molecular flexibility index (Phi) is 7.84. The SMILES string of the molecule is O=C(C=Cc1ccc(Br)cc1)Oc1ccc(C=NCCc2ccccc2)cc1[N+](=O)[O-]. The smallest absolute Gasteiger partial charge is 0.336 e. The van der Waals surface area contributed by atoms with Gasteiger partial charge < -0.3 is 4.74 Å². The molecule has 0 aliphatic carbocycles. The highest BCUT2D eigenvalue weighted by molar-refractivity contribution is 9.10. The number of aliphatic imine (C=N–C) groups is 1. The fourth-order valence-corrected chi connectivity index (χ4v) is 3.00. The highest BCUT2D eigenvalue weighted by atomic mass is 79.9. The zero-order chi connectivity index (χ0) is 22.1. The van der Waals surface area contributed by atoms with Crippen LogP contribution in [0.1, 0.15) is 16.7 Å². The first-order valence-electron chi connectivity index (χ1n) is 9.49. The van der Waals surface area contributed by atoms with Crippen molar-refractivity contribution in [3.05, 3.63) is 110 Å². The molecule has 3 rings (SSSR count).